The minimum absolute atomic E-state index is 0.108. The number of nitrogens with zero attached hydrogens (tertiary/aromatic N) is 3. The van der Waals surface area contributed by atoms with Crippen molar-refractivity contribution in [3.8, 4) is 0 Å². The van der Waals surface area contributed by atoms with Gasteiger partial charge in [0.1, 0.15) is 5.82 Å². The first-order valence-corrected chi connectivity index (χ1v) is 12.8. The number of carbonyl (C=O) groups excluding carboxylic acids is 1. The first-order valence-electron chi connectivity index (χ1n) is 11.3. The molecule has 1 amide bonds. The van der Waals surface area contributed by atoms with Gasteiger partial charge in [0.15, 0.2) is 0 Å². The van der Waals surface area contributed by atoms with Crippen LogP contribution in [0.4, 0.5) is 11.5 Å². The van der Waals surface area contributed by atoms with Crippen LogP contribution in [0.25, 0.3) is 0 Å². The van der Waals surface area contributed by atoms with Crippen LogP contribution in [0.1, 0.15) is 32.6 Å². The highest BCUT2D eigenvalue weighted by atomic mass is 32.2. The van der Waals surface area contributed by atoms with Crippen LogP contribution < -0.4 is 9.62 Å². The monoisotopic (exact) mass is 478 g/mol. The van der Waals surface area contributed by atoms with E-state index in [2.05, 4.69) is 14.6 Å². The average molecular weight is 479 g/mol. The predicted octanol–water partition coefficient (Wildman–Crippen LogP) is 4.08. The lowest BCUT2D eigenvalue weighted by Crippen LogP contribution is -2.49. The van der Waals surface area contributed by atoms with Crippen molar-refractivity contribution in [1.29, 1.82) is 0 Å². The highest BCUT2D eigenvalue weighted by molar-refractivity contribution is 7.92. The zero-order valence-corrected chi connectivity index (χ0v) is 20.8. The Morgan fingerprint density at radius 2 is 1.56 bits per heavy atom. The third kappa shape index (κ3) is 4.92. The Kier molecular flexibility index (Phi) is 6.61. The maximum atomic E-state index is 13.2. The van der Waals surface area contributed by atoms with Crippen molar-refractivity contribution in [2.75, 3.05) is 35.8 Å². The quantitative estimate of drug-likeness (QED) is 0.598. The molecule has 2 heterocycles. The smallest absolute Gasteiger partial charge is 0.262 e. The van der Waals surface area contributed by atoms with Crippen LogP contribution in [-0.2, 0) is 10.0 Å². The fourth-order valence-corrected chi connectivity index (χ4v) is 6.09. The lowest BCUT2D eigenvalue weighted by Gasteiger charge is -2.35. The van der Waals surface area contributed by atoms with E-state index >= 15 is 0 Å². The summed E-state index contributed by atoms with van der Waals surface area (Å²) in [6.45, 7) is 9.90. The van der Waals surface area contributed by atoms with Crippen LogP contribution in [0.5, 0.6) is 0 Å². The van der Waals surface area contributed by atoms with Crippen molar-refractivity contribution >= 4 is 27.4 Å². The third-order valence-electron chi connectivity index (χ3n) is 6.14. The Hall–Kier alpha value is -3.39. The molecule has 8 heteroatoms. The van der Waals surface area contributed by atoms with Gasteiger partial charge in [-0.25, -0.2) is 13.4 Å². The summed E-state index contributed by atoms with van der Waals surface area (Å²) in [7, 11) is -3.81. The summed E-state index contributed by atoms with van der Waals surface area (Å²) < 4.78 is 29.2. The molecule has 0 radical (unpaired) electrons. The zero-order valence-electron chi connectivity index (χ0n) is 20.0. The van der Waals surface area contributed by atoms with Crippen molar-refractivity contribution < 1.29 is 13.2 Å². The summed E-state index contributed by atoms with van der Waals surface area (Å²) in [5.41, 5.74) is 4.04. The summed E-state index contributed by atoms with van der Waals surface area (Å²) in [6.07, 6.45) is 1.77. The molecule has 4 rings (SSSR count). The number of amides is 1. The number of anilines is 2. The first-order chi connectivity index (χ1) is 16.2. The molecule has 0 aliphatic carbocycles. The Balaban J connectivity index is 1.52. The van der Waals surface area contributed by atoms with Gasteiger partial charge < -0.3 is 9.80 Å². The molecule has 1 saturated heterocycles. The van der Waals surface area contributed by atoms with Gasteiger partial charge in [0.25, 0.3) is 15.9 Å². The third-order valence-corrected chi connectivity index (χ3v) is 7.81. The molecule has 1 aromatic heterocycles. The van der Waals surface area contributed by atoms with E-state index in [0.717, 1.165) is 16.9 Å². The Morgan fingerprint density at radius 3 is 2.18 bits per heavy atom. The summed E-state index contributed by atoms with van der Waals surface area (Å²) in [4.78, 5) is 21.8. The predicted molar refractivity (Wildman–Crippen MR) is 135 cm³/mol. The molecule has 0 bridgehead atoms. The van der Waals surface area contributed by atoms with Gasteiger partial charge in [-0.1, -0.05) is 29.8 Å². The Bertz CT molecular complexity index is 1290. The minimum atomic E-state index is -3.81. The van der Waals surface area contributed by atoms with E-state index in [4.69, 9.17) is 0 Å². The molecule has 2 aromatic carbocycles. The van der Waals surface area contributed by atoms with Crippen LogP contribution in [0.3, 0.4) is 0 Å². The van der Waals surface area contributed by atoms with Crippen LogP contribution in [0.2, 0.25) is 0 Å². The largest absolute Gasteiger partial charge is 0.353 e. The fourth-order valence-electron chi connectivity index (χ4n) is 4.51. The molecule has 0 atom stereocenters. The van der Waals surface area contributed by atoms with Gasteiger partial charge in [0.2, 0.25) is 0 Å². The summed E-state index contributed by atoms with van der Waals surface area (Å²) in [6, 6.07) is 14.7. The number of sulfonamides is 1. The van der Waals surface area contributed by atoms with Crippen molar-refractivity contribution in [2.45, 2.75) is 32.6 Å². The number of carbonyl (C=O) groups is 1. The molecule has 34 heavy (non-hydrogen) atoms. The number of pyridine rings is 1. The topological polar surface area (TPSA) is 82.6 Å². The molecule has 1 aliphatic heterocycles. The standard InChI is InChI=1S/C26H30N4O3S/c1-18-15-20(3)25(21(4)16-18)34(32,33)28-23-17-22(9-8-19(23)2)26(31)30-13-11-29(12-14-30)24-7-5-6-10-27-24/h5-10,15-17,28H,11-14H2,1-4H3. The number of hydrogen-bond donors (Lipinski definition) is 1. The normalized spacial score (nSPS) is 14.2. The number of rotatable bonds is 5. The number of piperazine rings is 1. The number of hydrogen-bond acceptors (Lipinski definition) is 5. The van der Waals surface area contributed by atoms with E-state index in [0.29, 0.717) is 48.6 Å². The highest BCUT2D eigenvalue weighted by Gasteiger charge is 2.25. The second-order valence-corrected chi connectivity index (χ2v) is 10.4. The molecule has 1 aliphatic rings. The van der Waals surface area contributed by atoms with Gasteiger partial charge in [-0.15, -0.1) is 0 Å². The van der Waals surface area contributed by atoms with Gasteiger partial charge in [0.05, 0.1) is 10.6 Å². The van der Waals surface area contributed by atoms with E-state index in [1.807, 2.05) is 44.2 Å². The van der Waals surface area contributed by atoms with Crippen molar-refractivity contribution in [3.63, 3.8) is 0 Å². The summed E-state index contributed by atoms with van der Waals surface area (Å²) >= 11 is 0. The number of nitrogens with one attached hydrogen (secondary N) is 1. The van der Waals surface area contributed by atoms with Gasteiger partial charge in [0, 0.05) is 37.9 Å². The van der Waals surface area contributed by atoms with Gasteiger partial charge in [-0.2, -0.15) is 0 Å². The molecule has 0 spiro atoms. The summed E-state index contributed by atoms with van der Waals surface area (Å²) in [5, 5.41) is 0. The number of benzene rings is 2. The number of aryl methyl sites for hydroxylation is 4. The second kappa shape index (κ2) is 9.46. The SMILES string of the molecule is Cc1cc(C)c(S(=O)(=O)Nc2cc(C(=O)N3CCN(c4ccccn4)CC3)ccc2C)c(C)c1. The van der Waals surface area contributed by atoms with Crippen molar-refractivity contribution in [3.05, 3.63) is 82.5 Å². The Labute approximate surface area is 201 Å². The maximum absolute atomic E-state index is 13.2. The second-order valence-electron chi connectivity index (χ2n) is 8.83. The van der Waals surface area contributed by atoms with E-state index in [9.17, 15) is 13.2 Å². The molecule has 0 unspecified atom stereocenters. The average Bonchev–Trinajstić information content (AvgIpc) is 2.79. The van der Waals surface area contributed by atoms with Crippen molar-refractivity contribution in [2.24, 2.45) is 0 Å². The highest BCUT2D eigenvalue weighted by Crippen LogP contribution is 2.27. The van der Waals surface area contributed by atoms with Crippen LogP contribution in [0, 0.1) is 27.7 Å². The Morgan fingerprint density at radius 1 is 0.882 bits per heavy atom. The fraction of sp³-hybridized carbons (Fsp3) is 0.308. The molecule has 3 aromatic rings. The van der Waals surface area contributed by atoms with E-state index in [1.54, 1.807) is 43.1 Å². The van der Waals surface area contributed by atoms with Crippen molar-refractivity contribution in [1.82, 2.24) is 9.88 Å². The molecule has 178 valence electrons. The molecular weight excluding hydrogens is 448 g/mol. The molecule has 7 nitrogen and oxygen atoms in total. The lowest BCUT2D eigenvalue weighted by molar-refractivity contribution is 0.0746. The van der Waals surface area contributed by atoms with E-state index in [1.165, 1.54) is 0 Å². The minimum Gasteiger partial charge on any atom is -0.353 e. The summed E-state index contributed by atoms with van der Waals surface area (Å²) in [5.74, 6) is 0.798. The van der Waals surface area contributed by atoms with Crippen LogP contribution in [-0.4, -0.2) is 50.4 Å². The molecular formula is C26H30N4O3S. The van der Waals surface area contributed by atoms with Crippen LogP contribution in [0.15, 0.2) is 59.6 Å². The van der Waals surface area contributed by atoms with E-state index < -0.39 is 10.0 Å². The maximum Gasteiger partial charge on any atom is 0.262 e. The molecule has 1 fully saturated rings. The zero-order chi connectivity index (χ0) is 24.5. The molecule has 0 saturated carbocycles. The van der Waals surface area contributed by atoms with Crippen LogP contribution >= 0.6 is 0 Å². The van der Waals surface area contributed by atoms with Gasteiger partial charge in [-0.3, -0.25) is 9.52 Å². The first kappa shape index (κ1) is 23.8. The molecule has 1 N–H and O–H groups in total. The van der Waals surface area contributed by atoms with E-state index in [-0.39, 0.29) is 10.8 Å². The number of aromatic nitrogens is 1. The van der Waals surface area contributed by atoms with Gasteiger partial charge in [-0.05, 0) is 68.7 Å². The lowest BCUT2D eigenvalue weighted by atomic mass is 10.1. The van der Waals surface area contributed by atoms with Gasteiger partial charge >= 0.3 is 0 Å².